The summed E-state index contributed by atoms with van der Waals surface area (Å²) in [6.07, 6.45) is 6.72. The molecule has 2 aliphatic rings. The van der Waals surface area contributed by atoms with Crippen LogP contribution in [0.15, 0.2) is 57.3 Å². The van der Waals surface area contributed by atoms with E-state index in [1.807, 2.05) is 12.1 Å². The molecule has 31 heavy (non-hydrogen) atoms. The number of carbonyl (C=O) groups excluding carboxylic acids is 1. The van der Waals surface area contributed by atoms with E-state index in [0.717, 1.165) is 53.8 Å². The highest BCUT2D eigenvalue weighted by atomic mass is 32.2. The molecule has 2 aliphatic heterocycles. The van der Waals surface area contributed by atoms with Gasteiger partial charge in [0.05, 0.1) is 17.7 Å². The number of aromatic nitrogens is 3. The molecule has 1 aromatic carbocycles. The first-order valence-electron chi connectivity index (χ1n) is 10.7. The van der Waals surface area contributed by atoms with Gasteiger partial charge in [-0.15, -0.1) is 10.2 Å². The summed E-state index contributed by atoms with van der Waals surface area (Å²) in [6, 6.07) is 11.8. The van der Waals surface area contributed by atoms with Crippen LogP contribution in [0, 0.1) is 6.92 Å². The zero-order valence-corrected chi connectivity index (χ0v) is 18.3. The highest BCUT2D eigenvalue weighted by Crippen LogP contribution is 2.34. The fourth-order valence-electron chi connectivity index (χ4n) is 4.12. The van der Waals surface area contributed by atoms with Gasteiger partial charge in [0.25, 0.3) is 5.91 Å². The number of hydrogen-bond donors (Lipinski definition) is 0. The predicted octanol–water partition coefficient (Wildman–Crippen LogP) is 4.38. The van der Waals surface area contributed by atoms with Gasteiger partial charge in [0.15, 0.2) is 5.16 Å². The summed E-state index contributed by atoms with van der Waals surface area (Å²) >= 11 is 1.44. The number of hydrazone groups is 1. The molecule has 5 rings (SSSR count). The van der Waals surface area contributed by atoms with Gasteiger partial charge in [-0.25, -0.2) is 5.01 Å². The highest BCUT2D eigenvalue weighted by Gasteiger charge is 2.35. The maximum Gasteiger partial charge on any atom is 0.253 e. The molecule has 4 heterocycles. The maximum absolute atomic E-state index is 13.2. The molecule has 0 unspecified atom stereocenters. The topological polar surface area (TPSA) is 76.5 Å². The molecule has 160 valence electrons. The molecule has 0 N–H and O–H groups in total. The lowest BCUT2D eigenvalue weighted by molar-refractivity contribution is -0.130. The number of benzene rings is 1. The quantitative estimate of drug-likeness (QED) is 0.556. The van der Waals surface area contributed by atoms with E-state index < -0.39 is 0 Å². The minimum absolute atomic E-state index is 0.0560. The maximum atomic E-state index is 13.2. The van der Waals surface area contributed by atoms with Crippen molar-refractivity contribution in [3.05, 3.63) is 65.4 Å². The Bertz CT molecular complexity index is 1090. The smallest absolute Gasteiger partial charge is 0.253 e. The van der Waals surface area contributed by atoms with Crippen LogP contribution in [0.5, 0.6) is 0 Å². The van der Waals surface area contributed by atoms with Gasteiger partial charge >= 0.3 is 0 Å². The van der Waals surface area contributed by atoms with Crippen LogP contribution in [0.4, 0.5) is 0 Å². The van der Waals surface area contributed by atoms with Crippen molar-refractivity contribution in [2.45, 2.75) is 56.8 Å². The minimum Gasteiger partial charge on any atom is -0.467 e. The Kier molecular flexibility index (Phi) is 5.63. The lowest BCUT2D eigenvalue weighted by Gasteiger charge is -2.19. The minimum atomic E-state index is -0.227. The molecule has 0 radical (unpaired) electrons. The summed E-state index contributed by atoms with van der Waals surface area (Å²) in [5.74, 6) is 1.99. The normalized spacial score (nSPS) is 18.5. The average Bonchev–Trinajstić information content (AvgIpc) is 3.50. The van der Waals surface area contributed by atoms with Gasteiger partial charge < -0.3 is 8.98 Å². The van der Waals surface area contributed by atoms with Crippen LogP contribution < -0.4 is 0 Å². The van der Waals surface area contributed by atoms with E-state index in [-0.39, 0.29) is 17.7 Å². The van der Waals surface area contributed by atoms with E-state index in [0.29, 0.717) is 6.42 Å². The summed E-state index contributed by atoms with van der Waals surface area (Å²) in [4.78, 5) is 13.2. The number of hydrogen-bond acceptors (Lipinski definition) is 6. The van der Waals surface area contributed by atoms with Crippen LogP contribution in [0.25, 0.3) is 0 Å². The summed E-state index contributed by atoms with van der Waals surface area (Å²) < 4.78 is 7.81. The zero-order valence-electron chi connectivity index (χ0n) is 17.5. The van der Waals surface area contributed by atoms with E-state index in [2.05, 4.69) is 46.0 Å². The molecule has 7 nitrogen and oxygen atoms in total. The number of carbonyl (C=O) groups is 1. The van der Waals surface area contributed by atoms with E-state index in [4.69, 9.17) is 9.52 Å². The molecule has 0 fully saturated rings. The van der Waals surface area contributed by atoms with Crippen molar-refractivity contribution in [3.63, 3.8) is 0 Å². The summed E-state index contributed by atoms with van der Waals surface area (Å²) in [6.45, 7) is 2.98. The first-order valence-corrected chi connectivity index (χ1v) is 11.7. The molecule has 0 spiro atoms. The second-order valence-corrected chi connectivity index (χ2v) is 8.98. The van der Waals surface area contributed by atoms with Crippen molar-refractivity contribution >= 4 is 23.4 Å². The molecule has 0 aliphatic carbocycles. The Labute approximate surface area is 185 Å². The van der Waals surface area contributed by atoms with Gasteiger partial charge in [0.1, 0.15) is 17.6 Å². The predicted molar refractivity (Wildman–Crippen MR) is 119 cm³/mol. The highest BCUT2D eigenvalue weighted by molar-refractivity contribution is 7.99. The van der Waals surface area contributed by atoms with Crippen LogP contribution in [-0.2, 0) is 17.8 Å². The van der Waals surface area contributed by atoms with Gasteiger partial charge in [-0.1, -0.05) is 48.0 Å². The Morgan fingerprint density at radius 1 is 1.16 bits per heavy atom. The van der Waals surface area contributed by atoms with Crippen molar-refractivity contribution in [1.29, 1.82) is 0 Å². The molecule has 8 heteroatoms. The van der Waals surface area contributed by atoms with E-state index in [1.54, 1.807) is 11.3 Å². The molecule has 2 aromatic heterocycles. The molecule has 1 atom stereocenters. The largest absolute Gasteiger partial charge is 0.467 e. The van der Waals surface area contributed by atoms with Crippen molar-refractivity contribution in [3.8, 4) is 0 Å². The SMILES string of the molecule is Cc1ccc(C2=NN(C(=O)CSc3nnc4n3CCCCC4)[C@@H](c3ccco3)C2)cc1. The standard InChI is InChI=1S/C23H25N5O2S/c1-16-8-10-17(11-9-16)18-14-19(20-6-5-13-30-20)28(26-18)22(29)15-31-23-25-24-21-7-3-2-4-12-27(21)23/h5-6,8-11,13,19H,2-4,7,12,14-15H2,1H3/t19-/m1/s1. The van der Waals surface area contributed by atoms with Crippen LogP contribution in [0.2, 0.25) is 0 Å². The van der Waals surface area contributed by atoms with Gasteiger partial charge in [-0.3, -0.25) is 4.79 Å². The second kappa shape index (κ2) is 8.70. The molecule has 0 bridgehead atoms. The number of nitrogens with zero attached hydrogens (tertiary/aromatic N) is 5. The van der Waals surface area contributed by atoms with Gasteiger partial charge in [0, 0.05) is 19.4 Å². The summed E-state index contributed by atoms with van der Waals surface area (Å²) in [5.41, 5.74) is 3.13. The van der Waals surface area contributed by atoms with E-state index >= 15 is 0 Å². The van der Waals surface area contributed by atoms with E-state index in [1.165, 1.54) is 23.7 Å². The monoisotopic (exact) mass is 435 g/mol. The van der Waals surface area contributed by atoms with Crippen molar-refractivity contribution in [1.82, 2.24) is 19.8 Å². The third-order valence-corrected chi connectivity index (χ3v) is 6.77. The first-order chi connectivity index (χ1) is 15.2. The van der Waals surface area contributed by atoms with Crippen molar-refractivity contribution in [2.24, 2.45) is 5.10 Å². The number of furan rings is 1. The van der Waals surface area contributed by atoms with Gasteiger partial charge in [-0.2, -0.15) is 5.10 Å². The Balaban J connectivity index is 1.35. The average molecular weight is 436 g/mol. The third kappa shape index (κ3) is 4.17. The second-order valence-electron chi connectivity index (χ2n) is 8.04. The fourth-order valence-corrected chi connectivity index (χ4v) is 4.96. The van der Waals surface area contributed by atoms with Crippen LogP contribution in [-0.4, -0.2) is 37.1 Å². The molecular weight excluding hydrogens is 410 g/mol. The Hall–Kier alpha value is -2.87. The van der Waals surface area contributed by atoms with E-state index in [9.17, 15) is 4.79 Å². The zero-order chi connectivity index (χ0) is 21.2. The molecule has 0 saturated carbocycles. The first kappa shape index (κ1) is 20.1. The molecular formula is C23H25N5O2S. The number of aryl methyl sites for hydroxylation is 2. The summed E-state index contributed by atoms with van der Waals surface area (Å²) in [5, 5.41) is 15.8. The lowest BCUT2D eigenvalue weighted by atomic mass is 10.0. The van der Waals surface area contributed by atoms with Gasteiger partial charge in [-0.05, 0) is 37.5 Å². The van der Waals surface area contributed by atoms with Gasteiger partial charge in [0.2, 0.25) is 0 Å². The number of thioether (sulfide) groups is 1. The van der Waals surface area contributed by atoms with Crippen LogP contribution in [0.3, 0.4) is 0 Å². The Morgan fingerprint density at radius 2 is 2.03 bits per heavy atom. The third-order valence-electron chi connectivity index (χ3n) is 5.82. The van der Waals surface area contributed by atoms with Crippen molar-refractivity contribution < 1.29 is 9.21 Å². The summed E-state index contributed by atoms with van der Waals surface area (Å²) in [7, 11) is 0. The molecule has 1 amide bonds. The Morgan fingerprint density at radius 3 is 2.84 bits per heavy atom. The van der Waals surface area contributed by atoms with Crippen LogP contribution >= 0.6 is 11.8 Å². The fraction of sp³-hybridized carbons (Fsp3) is 0.391. The molecule has 3 aromatic rings. The molecule has 0 saturated heterocycles. The number of fused-ring (bicyclic) bond motifs is 1. The lowest BCUT2D eigenvalue weighted by Crippen LogP contribution is -2.28. The number of rotatable bonds is 5. The van der Waals surface area contributed by atoms with Crippen LogP contribution in [0.1, 0.15) is 54.4 Å². The van der Waals surface area contributed by atoms with Crippen molar-refractivity contribution in [2.75, 3.05) is 5.75 Å². The number of amides is 1.